The highest BCUT2D eigenvalue weighted by Gasteiger charge is 2.14. The van der Waals surface area contributed by atoms with E-state index in [0.29, 0.717) is 6.54 Å². The monoisotopic (exact) mass is 273 g/mol. The highest BCUT2D eigenvalue weighted by atomic mass is 19.3. The molecular formula is C14H21F2NO2. The Bertz CT molecular complexity index is 366. The molecule has 108 valence electrons. The van der Waals surface area contributed by atoms with Gasteiger partial charge in [-0.15, -0.1) is 0 Å². The Hall–Kier alpha value is -1.20. The zero-order valence-electron chi connectivity index (χ0n) is 11.6. The predicted octanol–water partition coefficient (Wildman–Crippen LogP) is 3.19. The van der Waals surface area contributed by atoms with E-state index < -0.39 is 6.61 Å². The molecule has 0 saturated carbocycles. The molecule has 0 aliphatic rings. The molecule has 0 unspecified atom stereocenters. The van der Waals surface area contributed by atoms with Gasteiger partial charge in [-0.3, -0.25) is 0 Å². The average molecular weight is 273 g/mol. The summed E-state index contributed by atoms with van der Waals surface area (Å²) >= 11 is 0. The van der Waals surface area contributed by atoms with E-state index >= 15 is 0 Å². The first-order chi connectivity index (χ1) is 8.93. The Balaban J connectivity index is 2.30. The molecule has 0 bridgehead atoms. The number of methoxy groups -OCH3 is 1. The Labute approximate surface area is 112 Å². The minimum atomic E-state index is -2.78. The summed E-state index contributed by atoms with van der Waals surface area (Å²) < 4.78 is 33.5. The number of halogens is 2. The zero-order chi connectivity index (χ0) is 14.3. The number of hydrogen-bond acceptors (Lipinski definition) is 3. The molecule has 0 saturated heterocycles. The lowest BCUT2D eigenvalue weighted by Gasteiger charge is -2.22. The molecule has 0 fully saturated rings. The van der Waals surface area contributed by atoms with Gasteiger partial charge >= 0.3 is 6.61 Å². The lowest BCUT2D eigenvalue weighted by Crippen LogP contribution is -2.28. The van der Waals surface area contributed by atoms with Crippen LogP contribution in [0.1, 0.15) is 25.8 Å². The summed E-state index contributed by atoms with van der Waals surface area (Å²) in [6.45, 7) is 2.81. The van der Waals surface area contributed by atoms with E-state index in [1.807, 2.05) is 13.8 Å². The summed E-state index contributed by atoms with van der Waals surface area (Å²) in [5.41, 5.74) is 0.888. The van der Waals surface area contributed by atoms with Crippen molar-refractivity contribution in [1.29, 1.82) is 0 Å². The number of benzene rings is 1. The molecule has 5 heteroatoms. The third kappa shape index (κ3) is 6.50. The second-order valence-corrected chi connectivity index (χ2v) is 4.91. The van der Waals surface area contributed by atoms with E-state index in [1.165, 1.54) is 0 Å². The topological polar surface area (TPSA) is 30.5 Å². The summed E-state index contributed by atoms with van der Waals surface area (Å²) in [5.74, 6) is 0.180. The van der Waals surface area contributed by atoms with Gasteiger partial charge in [0, 0.05) is 13.7 Å². The van der Waals surface area contributed by atoms with Crippen LogP contribution in [-0.4, -0.2) is 25.9 Å². The van der Waals surface area contributed by atoms with Crippen LogP contribution in [0.4, 0.5) is 8.78 Å². The largest absolute Gasteiger partial charge is 0.435 e. The molecule has 1 aromatic carbocycles. The van der Waals surface area contributed by atoms with E-state index in [1.54, 1.807) is 31.4 Å². The number of rotatable bonds is 8. The van der Waals surface area contributed by atoms with E-state index in [2.05, 4.69) is 10.1 Å². The van der Waals surface area contributed by atoms with E-state index in [4.69, 9.17) is 4.74 Å². The summed E-state index contributed by atoms with van der Waals surface area (Å²) in [7, 11) is 1.70. The molecule has 0 spiro atoms. The van der Waals surface area contributed by atoms with Gasteiger partial charge < -0.3 is 14.8 Å². The lowest BCUT2D eigenvalue weighted by atomic mass is 10.1. The Morgan fingerprint density at radius 1 is 1.21 bits per heavy atom. The molecule has 19 heavy (non-hydrogen) atoms. The van der Waals surface area contributed by atoms with Crippen molar-refractivity contribution in [2.75, 3.05) is 13.7 Å². The maximum Gasteiger partial charge on any atom is 0.387 e. The van der Waals surface area contributed by atoms with Crippen LogP contribution >= 0.6 is 0 Å². The van der Waals surface area contributed by atoms with Crippen molar-refractivity contribution in [2.45, 2.75) is 39.0 Å². The van der Waals surface area contributed by atoms with Crippen molar-refractivity contribution in [1.82, 2.24) is 5.32 Å². The van der Waals surface area contributed by atoms with Gasteiger partial charge in [0.1, 0.15) is 5.75 Å². The van der Waals surface area contributed by atoms with Crippen molar-refractivity contribution >= 4 is 0 Å². The minimum Gasteiger partial charge on any atom is -0.435 e. The van der Waals surface area contributed by atoms with Crippen LogP contribution in [0.25, 0.3) is 0 Å². The number of hydrogen-bond donors (Lipinski definition) is 1. The normalized spacial score (nSPS) is 11.9. The van der Waals surface area contributed by atoms with Gasteiger partial charge in [-0.05, 0) is 44.5 Å². The van der Waals surface area contributed by atoms with Gasteiger partial charge in [-0.2, -0.15) is 8.78 Å². The number of alkyl halides is 2. The fourth-order valence-corrected chi connectivity index (χ4v) is 1.51. The third-order valence-corrected chi connectivity index (χ3v) is 2.93. The summed E-state index contributed by atoms with van der Waals surface area (Å²) in [4.78, 5) is 0. The molecule has 0 aliphatic heterocycles. The molecule has 1 aromatic rings. The maximum atomic E-state index is 12.0. The highest BCUT2D eigenvalue weighted by molar-refractivity contribution is 5.27. The van der Waals surface area contributed by atoms with E-state index in [0.717, 1.165) is 18.5 Å². The fraction of sp³-hybridized carbons (Fsp3) is 0.571. The van der Waals surface area contributed by atoms with Crippen LogP contribution in [-0.2, 0) is 11.3 Å². The zero-order valence-corrected chi connectivity index (χ0v) is 11.6. The van der Waals surface area contributed by atoms with Crippen LogP contribution in [0.3, 0.4) is 0 Å². The van der Waals surface area contributed by atoms with E-state index in [-0.39, 0.29) is 11.4 Å². The third-order valence-electron chi connectivity index (χ3n) is 2.93. The quantitative estimate of drug-likeness (QED) is 0.738. The molecule has 0 aromatic heterocycles. The average Bonchev–Trinajstić information content (AvgIpc) is 2.36. The summed E-state index contributed by atoms with van der Waals surface area (Å²) in [5, 5.41) is 3.28. The molecule has 0 radical (unpaired) electrons. The lowest BCUT2D eigenvalue weighted by molar-refractivity contribution is -0.0498. The second-order valence-electron chi connectivity index (χ2n) is 4.91. The minimum absolute atomic E-state index is 0.137. The fourth-order valence-electron chi connectivity index (χ4n) is 1.51. The van der Waals surface area contributed by atoms with Crippen LogP contribution in [0.15, 0.2) is 24.3 Å². The maximum absolute atomic E-state index is 12.0. The van der Waals surface area contributed by atoms with Gasteiger partial charge in [0.05, 0.1) is 5.60 Å². The van der Waals surface area contributed by atoms with Crippen molar-refractivity contribution in [2.24, 2.45) is 0 Å². The smallest absolute Gasteiger partial charge is 0.387 e. The van der Waals surface area contributed by atoms with Gasteiger partial charge in [-0.25, -0.2) is 0 Å². The van der Waals surface area contributed by atoms with Gasteiger partial charge in [0.25, 0.3) is 0 Å². The first kappa shape index (κ1) is 15.9. The Morgan fingerprint density at radius 3 is 2.37 bits per heavy atom. The molecule has 0 heterocycles. The molecule has 3 nitrogen and oxygen atoms in total. The highest BCUT2D eigenvalue weighted by Crippen LogP contribution is 2.15. The van der Waals surface area contributed by atoms with Crippen molar-refractivity contribution in [3.8, 4) is 5.75 Å². The Morgan fingerprint density at radius 2 is 1.84 bits per heavy atom. The molecular weight excluding hydrogens is 252 g/mol. The van der Waals surface area contributed by atoms with Crippen molar-refractivity contribution in [3.63, 3.8) is 0 Å². The number of ether oxygens (including phenoxy) is 2. The Kier molecular flexibility index (Phi) is 6.18. The molecule has 0 atom stereocenters. The van der Waals surface area contributed by atoms with Gasteiger partial charge in [-0.1, -0.05) is 12.1 Å². The van der Waals surface area contributed by atoms with Crippen LogP contribution < -0.4 is 10.1 Å². The van der Waals surface area contributed by atoms with Crippen molar-refractivity contribution in [3.05, 3.63) is 29.8 Å². The molecule has 1 rings (SSSR count). The second kappa shape index (κ2) is 7.40. The SMILES string of the molecule is COC(C)(C)CCNCc1ccc(OC(F)F)cc1. The first-order valence-electron chi connectivity index (χ1n) is 6.22. The van der Waals surface area contributed by atoms with E-state index in [9.17, 15) is 8.78 Å². The van der Waals surface area contributed by atoms with Gasteiger partial charge in [0.15, 0.2) is 0 Å². The molecule has 1 N–H and O–H groups in total. The predicted molar refractivity (Wildman–Crippen MR) is 70.5 cm³/mol. The standard InChI is InChI=1S/C14H21F2NO2/c1-14(2,18-3)8-9-17-10-11-4-6-12(7-5-11)19-13(15)16/h4-7,13,17H,8-10H2,1-3H3. The summed E-state index contributed by atoms with van der Waals surface area (Å²) in [6, 6.07) is 6.63. The number of nitrogens with one attached hydrogen (secondary N) is 1. The molecule has 0 amide bonds. The van der Waals surface area contributed by atoms with Gasteiger partial charge in [0.2, 0.25) is 0 Å². The molecule has 0 aliphatic carbocycles. The van der Waals surface area contributed by atoms with Crippen molar-refractivity contribution < 1.29 is 18.3 Å². The first-order valence-corrected chi connectivity index (χ1v) is 6.22. The summed E-state index contributed by atoms with van der Waals surface area (Å²) in [6.07, 6.45) is 0.899. The van der Waals surface area contributed by atoms with Crippen LogP contribution in [0.5, 0.6) is 5.75 Å². The van der Waals surface area contributed by atoms with Crippen LogP contribution in [0, 0.1) is 0 Å². The van der Waals surface area contributed by atoms with Crippen LogP contribution in [0.2, 0.25) is 0 Å².